The molecule has 0 unspecified atom stereocenters. The third-order valence-corrected chi connectivity index (χ3v) is 6.23. The molecule has 1 atom stereocenters. The largest absolute Gasteiger partial charge is 0.461 e. The topological polar surface area (TPSA) is 60.8 Å². The van der Waals surface area contributed by atoms with Crippen molar-refractivity contribution >= 4 is 34.4 Å². The van der Waals surface area contributed by atoms with E-state index in [2.05, 4.69) is 0 Å². The summed E-state index contributed by atoms with van der Waals surface area (Å²) < 4.78 is 13.0. The molecular weight excluding hydrogens is 440 g/mol. The molecule has 0 N–H and O–H groups in total. The van der Waals surface area contributed by atoms with Crippen LogP contribution in [0.2, 0.25) is 5.02 Å². The molecule has 6 nitrogen and oxygen atoms in total. The van der Waals surface area contributed by atoms with Crippen LogP contribution >= 0.6 is 11.6 Å². The molecule has 1 aliphatic heterocycles. The molecular formula is C26H29ClN2O4. The Hall–Kier alpha value is -2.83. The fraction of sp³-hybridized carbons (Fsp3) is 0.385. The van der Waals surface area contributed by atoms with Gasteiger partial charge in [0, 0.05) is 47.3 Å². The van der Waals surface area contributed by atoms with Crippen LogP contribution in [0.5, 0.6) is 0 Å². The number of aromatic nitrogens is 1. The molecule has 0 saturated carbocycles. The number of esters is 1. The molecule has 0 fully saturated rings. The SMILES string of the molecule is CCOC(=O)c1c([C@H]2c3ccccc3C(=O)N2CCCOC(C)C)c2cc(Cl)ccc2n1C. The minimum atomic E-state index is -0.422. The van der Waals surface area contributed by atoms with Gasteiger partial charge in [-0.3, -0.25) is 4.79 Å². The quantitative estimate of drug-likeness (QED) is 0.329. The van der Waals surface area contributed by atoms with Gasteiger partial charge >= 0.3 is 5.97 Å². The van der Waals surface area contributed by atoms with Crippen LogP contribution in [-0.2, 0) is 16.5 Å². The highest BCUT2D eigenvalue weighted by molar-refractivity contribution is 6.31. The standard InChI is InChI=1S/C26H29ClN2O4/c1-5-32-26(31)24-22(20-15-17(27)11-12-21(20)28(24)4)23-18-9-6-7-10-19(18)25(30)29(23)13-8-14-33-16(2)3/h6-7,9-12,15-16,23H,5,8,13-14H2,1-4H3/t23-/m1/s1. The van der Waals surface area contributed by atoms with Crippen LogP contribution in [0.25, 0.3) is 10.9 Å². The maximum absolute atomic E-state index is 13.5. The minimum Gasteiger partial charge on any atom is -0.461 e. The van der Waals surface area contributed by atoms with Gasteiger partial charge in [0.1, 0.15) is 5.69 Å². The number of ether oxygens (including phenoxy) is 2. The van der Waals surface area contributed by atoms with E-state index >= 15 is 0 Å². The molecule has 2 heterocycles. The number of hydrogen-bond donors (Lipinski definition) is 0. The van der Waals surface area contributed by atoms with Crippen molar-refractivity contribution in [2.45, 2.75) is 39.3 Å². The van der Waals surface area contributed by atoms with Crippen LogP contribution in [0.4, 0.5) is 0 Å². The van der Waals surface area contributed by atoms with Gasteiger partial charge in [-0.1, -0.05) is 29.8 Å². The Morgan fingerprint density at radius 2 is 1.94 bits per heavy atom. The van der Waals surface area contributed by atoms with Crippen LogP contribution in [-0.4, -0.2) is 47.2 Å². The lowest BCUT2D eigenvalue weighted by atomic mass is 9.95. The summed E-state index contributed by atoms with van der Waals surface area (Å²) in [7, 11) is 1.84. The number of benzene rings is 2. The van der Waals surface area contributed by atoms with E-state index in [9.17, 15) is 9.59 Å². The van der Waals surface area contributed by atoms with Crippen molar-refractivity contribution < 1.29 is 19.1 Å². The summed E-state index contributed by atoms with van der Waals surface area (Å²) in [5, 5.41) is 1.41. The zero-order chi connectivity index (χ0) is 23.7. The second-order valence-electron chi connectivity index (χ2n) is 8.46. The molecule has 0 saturated heterocycles. The van der Waals surface area contributed by atoms with Gasteiger partial charge in [0.25, 0.3) is 5.91 Å². The number of halogens is 1. The van der Waals surface area contributed by atoms with Gasteiger partial charge in [-0.05, 0) is 57.0 Å². The molecule has 0 bridgehead atoms. The van der Waals surface area contributed by atoms with E-state index in [1.54, 1.807) is 13.0 Å². The predicted molar refractivity (Wildman–Crippen MR) is 129 cm³/mol. The molecule has 3 aromatic rings. The maximum atomic E-state index is 13.5. The van der Waals surface area contributed by atoms with Gasteiger partial charge in [-0.2, -0.15) is 0 Å². The monoisotopic (exact) mass is 468 g/mol. The molecule has 33 heavy (non-hydrogen) atoms. The second kappa shape index (κ2) is 9.57. The molecule has 0 spiro atoms. The van der Waals surface area contributed by atoms with Crippen LogP contribution < -0.4 is 0 Å². The fourth-order valence-electron chi connectivity index (χ4n) is 4.63. The van der Waals surface area contributed by atoms with Crippen molar-refractivity contribution in [1.82, 2.24) is 9.47 Å². The number of hydrogen-bond acceptors (Lipinski definition) is 4. The zero-order valence-corrected chi connectivity index (χ0v) is 20.2. The maximum Gasteiger partial charge on any atom is 0.355 e. The number of rotatable bonds is 8. The van der Waals surface area contributed by atoms with Gasteiger partial charge in [0.15, 0.2) is 0 Å². The highest BCUT2D eigenvalue weighted by Crippen LogP contribution is 2.44. The first-order chi connectivity index (χ1) is 15.8. The van der Waals surface area contributed by atoms with Crippen molar-refractivity contribution in [2.75, 3.05) is 19.8 Å². The van der Waals surface area contributed by atoms with E-state index in [1.165, 1.54) is 0 Å². The van der Waals surface area contributed by atoms with E-state index in [-0.39, 0.29) is 18.6 Å². The molecule has 1 amide bonds. The highest BCUT2D eigenvalue weighted by Gasteiger charge is 2.41. The lowest BCUT2D eigenvalue weighted by Gasteiger charge is -2.26. The molecule has 4 rings (SSSR count). The zero-order valence-electron chi connectivity index (χ0n) is 19.4. The number of carbonyl (C=O) groups excluding carboxylic acids is 2. The molecule has 0 aliphatic carbocycles. The van der Waals surface area contributed by atoms with Crippen LogP contribution in [0.15, 0.2) is 42.5 Å². The highest BCUT2D eigenvalue weighted by atomic mass is 35.5. The Balaban J connectivity index is 1.89. The lowest BCUT2D eigenvalue weighted by molar-refractivity contribution is 0.0504. The molecule has 1 aromatic heterocycles. The van der Waals surface area contributed by atoms with E-state index in [4.69, 9.17) is 21.1 Å². The summed E-state index contributed by atoms with van der Waals surface area (Å²) >= 11 is 6.37. The van der Waals surface area contributed by atoms with Gasteiger partial charge in [0.2, 0.25) is 0 Å². The number of carbonyl (C=O) groups is 2. The number of aryl methyl sites for hydroxylation is 1. The van der Waals surface area contributed by atoms with E-state index in [0.717, 1.165) is 22.0 Å². The molecule has 0 radical (unpaired) electrons. The summed E-state index contributed by atoms with van der Waals surface area (Å²) in [4.78, 5) is 28.4. The summed E-state index contributed by atoms with van der Waals surface area (Å²) in [5.41, 5.74) is 3.58. The van der Waals surface area contributed by atoms with Crippen molar-refractivity contribution in [3.8, 4) is 0 Å². The first-order valence-electron chi connectivity index (χ1n) is 11.3. The average molecular weight is 469 g/mol. The summed E-state index contributed by atoms with van der Waals surface area (Å²) in [6.45, 7) is 7.08. The predicted octanol–water partition coefficient (Wildman–Crippen LogP) is 5.37. The van der Waals surface area contributed by atoms with E-state index in [0.29, 0.717) is 35.9 Å². The van der Waals surface area contributed by atoms with Gasteiger partial charge in [-0.25, -0.2) is 4.79 Å². The summed E-state index contributed by atoms with van der Waals surface area (Å²) in [6, 6.07) is 12.7. The Bertz CT molecular complexity index is 1200. The van der Waals surface area contributed by atoms with Gasteiger partial charge in [-0.15, -0.1) is 0 Å². The van der Waals surface area contributed by atoms with Crippen molar-refractivity contribution in [1.29, 1.82) is 0 Å². The Labute approximate surface area is 199 Å². The van der Waals surface area contributed by atoms with Crippen molar-refractivity contribution in [2.24, 2.45) is 7.05 Å². The Morgan fingerprint density at radius 1 is 1.18 bits per heavy atom. The smallest absolute Gasteiger partial charge is 0.355 e. The number of amides is 1. The van der Waals surface area contributed by atoms with E-state index in [1.807, 2.05) is 66.8 Å². The van der Waals surface area contributed by atoms with Gasteiger partial charge in [0.05, 0.1) is 18.8 Å². The number of fused-ring (bicyclic) bond motifs is 2. The third kappa shape index (κ3) is 4.25. The average Bonchev–Trinajstić information content (AvgIpc) is 3.22. The summed E-state index contributed by atoms with van der Waals surface area (Å²) in [5.74, 6) is -0.462. The normalized spacial score (nSPS) is 15.5. The first kappa shape index (κ1) is 23.3. The van der Waals surface area contributed by atoms with Crippen molar-refractivity contribution in [3.63, 3.8) is 0 Å². The van der Waals surface area contributed by atoms with Crippen LogP contribution in [0.3, 0.4) is 0 Å². The van der Waals surface area contributed by atoms with Gasteiger partial charge < -0.3 is 18.9 Å². The lowest BCUT2D eigenvalue weighted by Crippen LogP contribution is -2.31. The molecule has 2 aromatic carbocycles. The third-order valence-electron chi connectivity index (χ3n) is 6.00. The first-order valence-corrected chi connectivity index (χ1v) is 11.7. The van der Waals surface area contributed by atoms with Crippen LogP contribution in [0.1, 0.15) is 65.2 Å². The Morgan fingerprint density at radius 3 is 2.67 bits per heavy atom. The second-order valence-corrected chi connectivity index (χ2v) is 8.90. The summed E-state index contributed by atoms with van der Waals surface area (Å²) in [6.07, 6.45) is 0.817. The van der Waals surface area contributed by atoms with Crippen LogP contribution in [0, 0.1) is 0 Å². The van der Waals surface area contributed by atoms with E-state index < -0.39 is 12.0 Å². The molecule has 7 heteroatoms. The Kier molecular flexibility index (Phi) is 6.77. The molecule has 1 aliphatic rings. The minimum absolute atomic E-state index is 0.0472. The van der Waals surface area contributed by atoms with Crippen molar-refractivity contribution in [3.05, 3.63) is 69.9 Å². The fourth-order valence-corrected chi connectivity index (χ4v) is 4.81. The molecule has 174 valence electrons. The number of nitrogens with zero attached hydrogens (tertiary/aromatic N) is 2.